The number of rotatable bonds is 9. The van der Waals surface area contributed by atoms with E-state index in [4.69, 9.17) is 16.3 Å². The largest absolute Gasteiger partial charge is 0.487 e. The van der Waals surface area contributed by atoms with Gasteiger partial charge >= 0.3 is 0 Å². The predicted molar refractivity (Wildman–Crippen MR) is 121 cm³/mol. The minimum atomic E-state index is -0.354. The molecule has 2 heterocycles. The van der Waals surface area contributed by atoms with Gasteiger partial charge in [0.2, 0.25) is 5.95 Å². The summed E-state index contributed by atoms with van der Waals surface area (Å²) in [6.07, 6.45) is 3.20. The molecule has 1 aromatic carbocycles. The van der Waals surface area contributed by atoms with Gasteiger partial charge in [0, 0.05) is 19.3 Å². The molecular weight excluding hydrogens is 414 g/mol. The number of nitrogens with one attached hydrogen (secondary N) is 1. The molecule has 0 aliphatic rings. The number of anilines is 1. The van der Waals surface area contributed by atoms with Crippen LogP contribution in [-0.4, -0.2) is 33.9 Å². The van der Waals surface area contributed by atoms with Crippen molar-refractivity contribution in [3.63, 3.8) is 0 Å². The van der Waals surface area contributed by atoms with Gasteiger partial charge in [0.05, 0.1) is 23.0 Å². The SMILES string of the molecule is CCN(CC)c1ncc(Cl)c(C(=O)NC(C)c2cccc(OCc3ccccn3)c2)n1. The minimum absolute atomic E-state index is 0.160. The Morgan fingerprint density at radius 1 is 1.16 bits per heavy atom. The second-order valence-corrected chi connectivity index (χ2v) is 7.32. The molecule has 1 atom stereocenters. The van der Waals surface area contributed by atoms with E-state index in [0.717, 1.165) is 24.3 Å². The van der Waals surface area contributed by atoms with Crippen molar-refractivity contribution >= 4 is 23.5 Å². The van der Waals surface area contributed by atoms with Crippen LogP contribution in [0, 0.1) is 0 Å². The normalized spacial score (nSPS) is 11.6. The lowest BCUT2D eigenvalue weighted by Gasteiger charge is -2.20. The van der Waals surface area contributed by atoms with Crippen LogP contribution in [0.25, 0.3) is 0 Å². The molecule has 0 radical (unpaired) electrons. The molecule has 0 aliphatic heterocycles. The summed E-state index contributed by atoms with van der Waals surface area (Å²) >= 11 is 6.21. The van der Waals surface area contributed by atoms with E-state index in [0.29, 0.717) is 18.3 Å². The molecule has 0 saturated carbocycles. The first-order valence-electron chi connectivity index (χ1n) is 10.2. The maximum atomic E-state index is 12.9. The Morgan fingerprint density at radius 2 is 1.97 bits per heavy atom. The molecule has 162 valence electrons. The summed E-state index contributed by atoms with van der Waals surface area (Å²) < 4.78 is 5.84. The smallest absolute Gasteiger partial charge is 0.272 e. The third-order valence-corrected chi connectivity index (χ3v) is 5.09. The molecule has 0 aliphatic carbocycles. The van der Waals surface area contributed by atoms with Crippen LogP contribution in [0.5, 0.6) is 5.75 Å². The van der Waals surface area contributed by atoms with Gasteiger partial charge in [0.1, 0.15) is 12.4 Å². The highest BCUT2D eigenvalue weighted by Crippen LogP contribution is 2.22. The Hall–Kier alpha value is -3.19. The number of amides is 1. The summed E-state index contributed by atoms with van der Waals surface area (Å²) in [5, 5.41) is 3.17. The summed E-state index contributed by atoms with van der Waals surface area (Å²) in [5.74, 6) is 0.832. The number of carbonyl (C=O) groups excluding carboxylic acids is 1. The van der Waals surface area contributed by atoms with Crippen molar-refractivity contribution in [1.82, 2.24) is 20.3 Å². The molecule has 1 amide bonds. The molecule has 0 spiro atoms. The first-order chi connectivity index (χ1) is 15.0. The van der Waals surface area contributed by atoms with Gasteiger partial charge in [-0.1, -0.05) is 29.8 Å². The van der Waals surface area contributed by atoms with Crippen LogP contribution in [0.15, 0.2) is 54.9 Å². The fourth-order valence-corrected chi connectivity index (χ4v) is 3.22. The maximum absolute atomic E-state index is 12.9. The Morgan fingerprint density at radius 3 is 2.68 bits per heavy atom. The number of nitrogens with zero attached hydrogens (tertiary/aromatic N) is 4. The quantitative estimate of drug-likeness (QED) is 0.530. The van der Waals surface area contributed by atoms with Crippen molar-refractivity contribution in [2.75, 3.05) is 18.0 Å². The molecule has 2 aromatic heterocycles. The molecule has 7 nitrogen and oxygen atoms in total. The zero-order valence-electron chi connectivity index (χ0n) is 17.9. The molecule has 0 saturated heterocycles. The minimum Gasteiger partial charge on any atom is -0.487 e. The molecule has 0 bridgehead atoms. The van der Waals surface area contributed by atoms with Crippen LogP contribution in [0.3, 0.4) is 0 Å². The highest BCUT2D eigenvalue weighted by molar-refractivity contribution is 6.33. The van der Waals surface area contributed by atoms with Crippen molar-refractivity contribution < 1.29 is 9.53 Å². The van der Waals surface area contributed by atoms with Gasteiger partial charge < -0.3 is 15.0 Å². The summed E-state index contributed by atoms with van der Waals surface area (Å²) in [6, 6.07) is 13.0. The van der Waals surface area contributed by atoms with Gasteiger partial charge in [-0.05, 0) is 50.6 Å². The highest BCUT2D eigenvalue weighted by atomic mass is 35.5. The number of carbonyl (C=O) groups is 1. The maximum Gasteiger partial charge on any atom is 0.272 e. The lowest BCUT2D eigenvalue weighted by Crippen LogP contribution is -2.30. The van der Waals surface area contributed by atoms with Crippen molar-refractivity contribution in [1.29, 1.82) is 0 Å². The fourth-order valence-electron chi connectivity index (χ4n) is 3.04. The first kappa shape index (κ1) is 22.5. The molecule has 1 N–H and O–H groups in total. The van der Waals surface area contributed by atoms with E-state index in [2.05, 4.69) is 20.3 Å². The topological polar surface area (TPSA) is 80.2 Å². The van der Waals surface area contributed by atoms with Crippen LogP contribution >= 0.6 is 11.6 Å². The Kier molecular flexibility index (Phi) is 7.78. The molecular formula is C23H26ClN5O2. The monoisotopic (exact) mass is 439 g/mol. The predicted octanol–water partition coefficient (Wildman–Crippen LogP) is 4.44. The van der Waals surface area contributed by atoms with E-state index in [1.165, 1.54) is 6.20 Å². The average molecular weight is 440 g/mol. The third-order valence-electron chi connectivity index (χ3n) is 4.81. The van der Waals surface area contributed by atoms with Gasteiger partial charge in [0.15, 0.2) is 5.69 Å². The van der Waals surface area contributed by atoms with Gasteiger partial charge in [0.25, 0.3) is 5.91 Å². The van der Waals surface area contributed by atoms with E-state index in [9.17, 15) is 4.79 Å². The van der Waals surface area contributed by atoms with Gasteiger partial charge in [-0.2, -0.15) is 0 Å². The van der Waals surface area contributed by atoms with Crippen molar-refractivity contribution in [2.24, 2.45) is 0 Å². The molecule has 31 heavy (non-hydrogen) atoms. The number of benzene rings is 1. The number of pyridine rings is 1. The second-order valence-electron chi connectivity index (χ2n) is 6.92. The molecule has 3 rings (SSSR count). The van der Waals surface area contributed by atoms with Gasteiger partial charge in [-0.25, -0.2) is 9.97 Å². The molecule has 3 aromatic rings. The second kappa shape index (κ2) is 10.7. The number of ether oxygens (including phenoxy) is 1. The summed E-state index contributed by atoms with van der Waals surface area (Å²) in [5.41, 5.74) is 1.91. The van der Waals surface area contributed by atoms with Crippen molar-refractivity contribution in [3.05, 3.63) is 76.8 Å². The number of hydrogen-bond donors (Lipinski definition) is 1. The lowest BCUT2D eigenvalue weighted by atomic mass is 10.1. The molecule has 8 heteroatoms. The van der Waals surface area contributed by atoms with E-state index >= 15 is 0 Å². The summed E-state index contributed by atoms with van der Waals surface area (Å²) in [4.78, 5) is 27.7. The Balaban J connectivity index is 1.69. The van der Waals surface area contributed by atoms with E-state index in [-0.39, 0.29) is 22.7 Å². The molecule has 1 unspecified atom stereocenters. The number of halogens is 1. The van der Waals surface area contributed by atoms with Crippen LogP contribution in [0.4, 0.5) is 5.95 Å². The zero-order chi connectivity index (χ0) is 22.2. The molecule has 0 fully saturated rings. The number of aromatic nitrogens is 3. The fraction of sp³-hybridized carbons (Fsp3) is 0.304. The summed E-state index contributed by atoms with van der Waals surface area (Å²) in [6.45, 7) is 7.76. The zero-order valence-corrected chi connectivity index (χ0v) is 18.6. The van der Waals surface area contributed by atoms with E-state index in [1.54, 1.807) is 6.20 Å². The summed E-state index contributed by atoms with van der Waals surface area (Å²) in [7, 11) is 0. The first-order valence-corrected chi connectivity index (χ1v) is 10.6. The van der Waals surface area contributed by atoms with Crippen LogP contribution in [-0.2, 0) is 6.61 Å². The van der Waals surface area contributed by atoms with Crippen molar-refractivity contribution in [2.45, 2.75) is 33.4 Å². The Bertz CT molecular complexity index is 1010. The van der Waals surface area contributed by atoms with Crippen LogP contribution < -0.4 is 15.0 Å². The average Bonchev–Trinajstić information content (AvgIpc) is 2.80. The van der Waals surface area contributed by atoms with Crippen LogP contribution in [0.2, 0.25) is 5.02 Å². The number of hydrogen-bond acceptors (Lipinski definition) is 6. The van der Waals surface area contributed by atoms with Crippen molar-refractivity contribution in [3.8, 4) is 5.75 Å². The van der Waals surface area contributed by atoms with Gasteiger partial charge in [-0.3, -0.25) is 9.78 Å². The van der Waals surface area contributed by atoms with Gasteiger partial charge in [-0.15, -0.1) is 0 Å². The standard InChI is InChI=1S/C23H26ClN5O2/c1-4-29(5-2)23-26-14-20(24)21(28-23)22(30)27-16(3)17-9-8-11-19(13-17)31-15-18-10-6-7-12-25-18/h6-14,16H,4-5,15H2,1-3H3,(H,27,30). The van der Waals surface area contributed by atoms with E-state index in [1.807, 2.05) is 68.1 Å². The highest BCUT2D eigenvalue weighted by Gasteiger charge is 2.19. The lowest BCUT2D eigenvalue weighted by molar-refractivity contribution is 0.0935. The third kappa shape index (κ3) is 5.92. The Labute approximate surface area is 187 Å². The van der Waals surface area contributed by atoms with E-state index < -0.39 is 0 Å². The van der Waals surface area contributed by atoms with Crippen LogP contribution in [0.1, 0.15) is 48.6 Å².